The predicted octanol–water partition coefficient (Wildman–Crippen LogP) is 0.844. The van der Waals surface area contributed by atoms with Crippen molar-refractivity contribution in [3.8, 4) is 0 Å². The Morgan fingerprint density at radius 3 is 2.42 bits per heavy atom. The average molecular weight is 344 g/mol. The zero-order chi connectivity index (χ0) is 17.9. The van der Waals surface area contributed by atoms with E-state index in [4.69, 9.17) is 4.74 Å². The Bertz CT molecular complexity index is 410. The van der Waals surface area contributed by atoms with E-state index < -0.39 is 36.4 Å². The number of rotatable bonds is 12. The number of hydrogen-bond acceptors (Lipinski definition) is 7. The third-order valence-electron chi connectivity index (χ3n) is 3.99. The first kappa shape index (κ1) is 20.6. The highest BCUT2D eigenvalue weighted by molar-refractivity contribution is 5.77. The standard InChI is InChI=1S/C17H28O7/c1-2-3-4-5-6-7-8-9-10-13(19)23-11-12(18)16-14(20)15(21)17(22)24-16/h2,12,14-16,18,20-21H,1,3-11H2/t12-,14+,15+,16+/m0/s1. The second-order valence-corrected chi connectivity index (χ2v) is 6.04. The van der Waals surface area contributed by atoms with Gasteiger partial charge in [0.25, 0.3) is 0 Å². The Morgan fingerprint density at radius 1 is 1.21 bits per heavy atom. The van der Waals surface area contributed by atoms with Gasteiger partial charge in [0.1, 0.15) is 18.8 Å². The number of hydrogen-bond donors (Lipinski definition) is 3. The first-order valence-corrected chi connectivity index (χ1v) is 8.48. The van der Waals surface area contributed by atoms with Gasteiger partial charge in [-0.3, -0.25) is 4.79 Å². The zero-order valence-electron chi connectivity index (χ0n) is 13.9. The van der Waals surface area contributed by atoms with Crippen LogP contribution in [0.1, 0.15) is 51.4 Å². The highest BCUT2D eigenvalue weighted by Crippen LogP contribution is 2.19. The zero-order valence-corrected chi connectivity index (χ0v) is 13.9. The summed E-state index contributed by atoms with van der Waals surface area (Å²) in [6, 6.07) is 0. The third-order valence-corrected chi connectivity index (χ3v) is 3.99. The average Bonchev–Trinajstić information content (AvgIpc) is 2.82. The summed E-state index contributed by atoms with van der Waals surface area (Å²) in [4.78, 5) is 22.6. The Hall–Kier alpha value is -1.44. The smallest absolute Gasteiger partial charge is 0.338 e. The van der Waals surface area contributed by atoms with Gasteiger partial charge < -0.3 is 24.8 Å². The molecule has 0 aliphatic carbocycles. The number of esters is 2. The summed E-state index contributed by atoms with van der Waals surface area (Å²) in [7, 11) is 0. The van der Waals surface area contributed by atoms with Gasteiger partial charge in [-0.25, -0.2) is 4.79 Å². The van der Waals surface area contributed by atoms with Gasteiger partial charge in [0.15, 0.2) is 12.2 Å². The van der Waals surface area contributed by atoms with E-state index >= 15 is 0 Å². The molecule has 1 aliphatic heterocycles. The molecule has 1 fully saturated rings. The molecular formula is C17H28O7. The number of unbranched alkanes of at least 4 members (excludes halogenated alkanes) is 6. The number of carbonyl (C=O) groups excluding carboxylic acids is 2. The highest BCUT2D eigenvalue weighted by Gasteiger charge is 2.46. The van der Waals surface area contributed by atoms with E-state index in [2.05, 4.69) is 11.3 Å². The Morgan fingerprint density at radius 2 is 1.83 bits per heavy atom. The molecule has 1 aliphatic rings. The SMILES string of the molecule is C=CCCCCCCCCC(=O)OC[C@H](O)[C@H]1OC(=O)[C@H](O)[C@H]1O. The maximum Gasteiger partial charge on any atom is 0.338 e. The largest absolute Gasteiger partial charge is 0.463 e. The van der Waals surface area contributed by atoms with Gasteiger partial charge in [-0.15, -0.1) is 6.58 Å². The lowest BCUT2D eigenvalue weighted by Crippen LogP contribution is -2.41. The summed E-state index contributed by atoms with van der Waals surface area (Å²) in [6.45, 7) is 3.29. The number of allylic oxidation sites excluding steroid dienone is 1. The van der Waals surface area contributed by atoms with Crippen molar-refractivity contribution in [1.82, 2.24) is 0 Å². The van der Waals surface area contributed by atoms with Crippen LogP contribution in [0.3, 0.4) is 0 Å². The summed E-state index contributed by atoms with van der Waals surface area (Å²) in [5, 5.41) is 28.6. The fourth-order valence-corrected chi connectivity index (χ4v) is 2.51. The fraction of sp³-hybridized carbons (Fsp3) is 0.765. The van der Waals surface area contributed by atoms with Crippen LogP contribution in [-0.2, 0) is 19.1 Å². The van der Waals surface area contributed by atoms with Crippen molar-refractivity contribution >= 4 is 11.9 Å². The van der Waals surface area contributed by atoms with Gasteiger partial charge in [-0.05, 0) is 19.3 Å². The fourth-order valence-electron chi connectivity index (χ4n) is 2.51. The first-order chi connectivity index (χ1) is 11.5. The van der Waals surface area contributed by atoms with Crippen LogP contribution in [0, 0.1) is 0 Å². The third kappa shape index (κ3) is 6.98. The molecule has 0 aromatic heterocycles. The molecule has 0 unspecified atom stereocenters. The lowest BCUT2D eigenvalue weighted by molar-refractivity contribution is -0.156. The monoisotopic (exact) mass is 344 g/mol. The molecule has 1 saturated heterocycles. The van der Waals surface area contributed by atoms with Gasteiger partial charge in [0.05, 0.1) is 0 Å². The first-order valence-electron chi connectivity index (χ1n) is 8.48. The Balaban J connectivity index is 2.07. The quantitative estimate of drug-likeness (QED) is 0.273. The molecule has 0 saturated carbocycles. The van der Waals surface area contributed by atoms with Gasteiger partial charge in [-0.2, -0.15) is 0 Å². The highest BCUT2D eigenvalue weighted by atomic mass is 16.6. The van der Waals surface area contributed by atoms with Crippen LogP contribution in [0.5, 0.6) is 0 Å². The molecule has 0 aromatic rings. The minimum atomic E-state index is -1.67. The molecule has 1 heterocycles. The maximum atomic E-state index is 11.6. The summed E-state index contributed by atoms with van der Waals surface area (Å²) in [5.74, 6) is -1.44. The molecule has 7 heteroatoms. The molecule has 0 aromatic carbocycles. The molecule has 24 heavy (non-hydrogen) atoms. The van der Waals surface area contributed by atoms with E-state index in [1.165, 1.54) is 0 Å². The molecule has 0 radical (unpaired) electrons. The van der Waals surface area contributed by atoms with Gasteiger partial charge >= 0.3 is 11.9 Å². The van der Waals surface area contributed by atoms with E-state index in [0.29, 0.717) is 0 Å². The van der Waals surface area contributed by atoms with Crippen molar-refractivity contribution in [3.63, 3.8) is 0 Å². The van der Waals surface area contributed by atoms with Crippen LogP contribution in [0.15, 0.2) is 12.7 Å². The molecule has 4 atom stereocenters. The molecule has 1 rings (SSSR count). The second-order valence-electron chi connectivity index (χ2n) is 6.04. The second kappa shape index (κ2) is 11.2. The maximum absolute atomic E-state index is 11.6. The predicted molar refractivity (Wildman–Crippen MR) is 86.0 cm³/mol. The van der Waals surface area contributed by atoms with E-state index in [0.717, 1.165) is 44.9 Å². The molecule has 0 amide bonds. The molecule has 0 bridgehead atoms. The van der Waals surface area contributed by atoms with E-state index in [1.807, 2.05) is 6.08 Å². The van der Waals surface area contributed by atoms with Crippen molar-refractivity contribution in [2.75, 3.05) is 6.61 Å². The number of aliphatic hydroxyl groups excluding tert-OH is 3. The lowest BCUT2D eigenvalue weighted by Gasteiger charge is -2.19. The molecular weight excluding hydrogens is 316 g/mol. The summed E-state index contributed by atoms with van der Waals surface area (Å²) < 4.78 is 9.56. The van der Waals surface area contributed by atoms with Crippen molar-refractivity contribution < 1.29 is 34.4 Å². The number of aliphatic hydroxyl groups is 3. The normalized spacial score (nSPS) is 24.5. The minimum Gasteiger partial charge on any atom is -0.463 e. The Kier molecular flexibility index (Phi) is 9.59. The van der Waals surface area contributed by atoms with Gasteiger partial charge in [0, 0.05) is 6.42 Å². The van der Waals surface area contributed by atoms with Crippen LogP contribution in [0.4, 0.5) is 0 Å². The number of cyclic esters (lactones) is 1. The van der Waals surface area contributed by atoms with Crippen molar-refractivity contribution in [3.05, 3.63) is 12.7 Å². The summed E-state index contributed by atoms with van der Waals surface area (Å²) in [6.07, 6.45) is 3.54. The van der Waals surface area contributed by atoms with E-state index in [-0.39, 0.29) is 13.0 Å². The Labute approximate surface area is 142 Å². The van der Waals surface area contributed by atoms with Gasteiger partial charge in [-0.1, -0.05) is 31.8 Å². The van der Waals surface area contributed by atoms with Crippen LogP contribution in [0.2, 0.25) is 0 Å². The lowest BCUT2D eigenvalue weighted by atomic mass is 10.1. The van der Waals surface area contributed by atoms with Gasteiger partial charge in [0.2, 0.25) is 0 Å². The van der Waals surface area contributed by atoms with Crippen LogP contribution in [-0.4, -0.2) is 58.3 Å². The number of carbonyl (C=O) groups is 2. The van der Waals surface area contributed by atoms with E-state index in [1.54, 1.807) is 0 Å². The van der Waals surface area contributed by atoms with Crippen LogP contribution >= 0.6 is 0 Å². The van der Waals surface area contributed by atoms with Crippen molar-refractivity contribution in [2.24, 2.45) is 0 Å². The summed E-state index contributed by atoms with van der Waals surface area (Å²) in [5.41, 5.74) is 0. The van der Waals surface area contributed by atoms with E-state index in [9.17, 15) is 24.9 Å². The van der Waals surface area contributed by atoms with Crippen LogP contribution in [0.25, 0.3) is 0 Å². The topological polar surface area (TPSA) is 113 Å². The minimum absolute atomic E-state index is 0.259. The molecule has 3 N–H and O–H groups in total. The van der Waals surface area contributed by atoms with Crippen molar-refractivity contribution in [1.29, 1.82) is 0 Å². The molecule has 138 valence electrons. The van der Waals surface area contributed by atoms with Crippen molar-refractivity contribution in [2.45, 2.75) is 75.8 Å². The molecule has 7 nitrogen and oxygen atoms in total. The molecule has 0 spiro atoms. The van der Waals surface area contributed by atoms with Crippen LogP contribution < -0.4 is 0 Å². The number of ether oxygens (including phenoxy) is 2. The summed E-state index contributed by atoms with van der Waals surface area (Å²) >= 11 is 0.